The molecule has 0 spiro atoms. The summed E-state index contributed by atoms with van der Waals surface area (Å²) in [7, 11) is 1.77. The van der Waals surface area contributed by atoms with Crippen LogP contribution in [0.3, 0.4) is 0 Å². The van der Waals surface area contributed by atoms with Crippen LogP contribution in [0.5, 0.6) is 0 Å². The van der Waals surface area contributed by atoms with Gasteiger partial charge in [0, 0.05) is 7.05 Å². The fourth-order valence-corrected chi connectivity index (χ4v) is 2.28. The van der Waals surface area contributed by atoms with Crippen LogP contribution in [0.2, 0.25) is 0 Å². The molecule has 1 aromatic carbocycles. The number of aromatic nitrogens is 2. The van der Waals surface area contributed by atoms with E-state index in [-0.39, 0.29) is 17.8 Å². The van der Waals surface area contributed by atoms with Gasteiger partial charge in [-0.3, -0.25) is 9.48 Å². The van der Waals surface area contributed by atoms with E-state index in [4.69, 9.17) is 0 Å². The van der Waals surface area contributed by atoms with Crippen LogP contribution < -0.4 is 0 Å². The number of halogens is 2. The summed E-state index contributed by atoms with van der Waals surface area (Å²) in [4.78, 5) is 12.0. The van der Waals surface area contributed by atoms with E-state index in [0.717, 1.165) is 15.9 Å². The first-order valence-electron chi connectivity index (χ1n) is 5.46. The topological polar surface area (TPSA) is 34.9 Å². The molecule has 3 nitrogen and oxygen atoms in total. The molecule has 0 saturated heterocycles. The second kappa shape index (κ2) is 5.02. The molecule has 0 atom stereocenters. The van der Waals surface area contributed by atoms with Crippen molar-refractivity contribution < 1.29 is 9.18 Å². The average molecular weight is 311 g/mol. The molecule has 0 fully saturated rings. The Bertz CT molecular complexity index is 607. The maximum Gasteiger partial charge on any atom is 0.171 e. The van der Waals surface area contributed by atoms with Crippen LogP contribution in [0.15, 0.2) is 28.7 Å². The Kier molecular flexibility index (Phi) is 3.61. The van der Waals surface area contributed by atoms with Crippen molar-refractivity contribution in [1.82, 2.24) is 9.78 Å². The molecule has 18 heavy (non-hydrogen) atoms. The molecule has 94 valence electrons. The molecule has 0 aliphatic rings. The minimum absolute atomic E-state index is 0.114. The molecule has 5 heteroatoms. The van der Waals surface area contributed by atoms with E-state index < -0.39 is 5.82 Å². The summed E-state index contributed by atoms with van der Waals surface area (Å²) in [5.74, 6) is -0.741. The number of rotatable bonds is 3. The van der Waals surface area contributed by atoms with E-state index in [2.05, 4.69) is 21.0 Å². The van der Waals surface area contributed by atoms with Crippen molar-refractivity contribution in [3.63, 3.8) is 0 Å². The minimum Gasteiger partial charge on any atom is -0.294 e. The SMILES string of the molecule is Cc1nn(C)c(CC(=O)c2ccccc2F)c1Br. The standard InChI is InChI=1S/C13H12BrFN2O/c1-8-13(14)11(17(2)16-8)7-12(18)9-5-3-4-6-10(9)15/h3-6H,7H2,1-2H3. The van der Waals surface area contributed by atoms with E-state index in [1.807, 2.05) is 6.92 Å². The molecule has 1 heterocycles. The van der Waals surface area contributed by atoms with Gasteiger partial charge in [0.15, 0.2) is 5.78 Å². The molecule has 0 unspecified atom stereocenters. The minimum atomic E-state index is -0.488. The van der Waals surface area contributed by atoms with Crippen LogP contribution in [-0.2, 0) is 13.5 Å². The molecule has 0 radical (unpaired) electrons. The maximum atomic E-state index is 13.5. The largest absolute Gasteiger partial charge is 0.294 e. The van der Waals surface area contributed by atoms with Gasteiger partial charge in [-0.05, 0) is 35.0 Å². The Hall–Kier alpha value is -1.49. The van der Waals surface area contributed by atoms with E-state index in [1.54, 1.807) is 23.9 Å². The third kappa shape index (κ3) is 2.36. The molecule has 2 aromatic rings. The molecule has 0 bridgehead atoms. The Morgan fingerprint density at radius 2 is 2.11 bits per heavy atom. The van der Waals surface area contributed by atoms with Crippen LogP contribution in [0.1, 0.15) is 21.7 Å². The number of carbonyl (C=O) groups excluding carboxylic acids is 1. The summed E-state index contributed by atoms with van der Waals surface area (Å²) in [6.07, 6.45) is 0.124. The van der Waals surface area contributed by atoms with Gasteiger partial charge in [0.05, 0.1) is 27.8 Å². The Morgan fingerprint density at radius 1 is 1.44 bits per heavy atom. The number of carbonyl (C=O) groups is 1. The van der Waals surface area contributed by atoms with Gasteiger partial charge in [-0.1, -0.05) is 12.1 Å². The highest BCUT2D eigenvalue weighted by Gasteiger charge is 2.17. The summed E-state index contributed by atoms with van der Waals surface area (Å²) < 4.78 is 15.9. The predicted molar refractivity (Wildman–Crippen MR) is 70.1 cm³/mol. The van der Waals surface area contributed by atoms with Gasteiger partial charge in [-0.25, -0.2) is 4.39 Å². The number of benzene rings is 1. The van der Waals surface area contributed by atoms with E-state index in [1.165, 1.54) is 12.1 Å². The number of hydrogen-bond acceptors (Lipinski definition) is 2. The van der Waals surface area contributed by atoms with E-state index in [0.29, 0.717) is 0 Å². The van der Waals surface area contributed by atoms with Crippen LogP contribution in [0, 0.1) is 12.7 Å². The molecular formula is C13H12BrFN2O. The quantitative estimate of drug-likeness (QED) is 0.817. The molecule has 0 amide bonds. The van der Waals surface area contributed by atoms with Crippen LogP contribution in [0.4, 0.5) is 4.39 Å². The summed E-state index contributed by atoms with van der Waals surface area (Å²) in [5, 5.41) is 4.20. The highest BCUT2D eigenvalue weighted by atomic mass is 79.9. The van der Waals surface area contributed by atoms with Gasteiger partial charge >= 0.3 is 0 Å². The average Bonchev–Trinajstić information content (AvgIpc) is 2.56. The van der Waals surface area contributed by atoms with Crippen molar-refractivity contribution in [3.05, 3.63) is 51.5 Å². The van der Waals surface area contributed by atoms with Crippen molar-refractivity contribution in [1.29, 1.82) is 0 Å². The number of hydrogen-bond donors (Lipinski definition) is 0. The highest BCUT2D eigenvalue weighted by molar-refractivity contribution is 9.10. The fourth-order valence-electron chi connectivity index (χ4n) is 1.81. The lowest BCUT2D eigenvalue weighted by Crippen LogP contribution is -2.10. The third-order valence-electron chi connectivity index (χ3n) is 2.76. The van der Waals surface area contributed by atoms with Crippen molar-refractivity contribution in [2.75, 3.05) is 0 Å². The lowest BCUT2D eigenvalue weighted by Gasteiger charge is -2.04. The predicted octanol–water partition coefficient (Wildman–Crippen LogP) is 3.06. The highest BCUT2D eigenvalue weighted by Crippen LogP contribution is 2.22. The number of Topliss-reactive ketones (excluding diaryl/α,β-unsaturated/α-hetero) is 1. The van der Waals surface area contributed by atoms with Gasteiger partial charge in [-0.15, -0.1) is 0 Å². The molecule has 0 N–H and O–H groups in total. The lowest BCUT2D eigenvalue weighted by atomic mass is 10.1. The summed E-state index contributed by atoms with van der Waals surface area (Å²) in [5.41, 5.74) is 1.68. The Morgan fingerprint density at radius 3 is 2.67 bits per heavy atom. The molecule has 2 rings (SSSR count). The van der Waals surface area contributed by atoms with Crippen molar-refractivity contribution in [3.8, 4) is 0 Å². The first-order valence-corrected chi connectivity index (χ1v) is 6.25. The van der Waals surface area contributed by atoms with E-state index >= 15 is 0 Å². The summed E-state index contributed by atoms with van der Waals surface area (Å²) >= 11 is 3.39. The number of aryl methyl sites for hydroxylation is 2. The first-order chi connectivity index (χ1) is 8.50. The number of ketones is 1. The smallest absolute Gasteiger partial charge is 0.171 e. The molecule has 1 aromatic heterocycles. The van der Waals surface area contributed by atoms with Crippen LogP contribution >= 0.6 is 15.9 Å². The third-order valence-corrected chi connectivity index (χ3v) is 3.80. The van der Waals surface area contributed by atoms with Crippen LogP contribution in [0.25, 0.3) is 0 Å². The number of nitrogens with zero attached hydrogens (tertiary/aromatic N) is 2. The van der Waals surface area contributed by atoms with E-state index in [9.17, 15) is 9.18 Å². The lowest BCUT2D eigenvalue weighted by molar-refractivity contribution is 0.0986. The molecule has 0 aliphatic heterocycles. The zero-order chi connectivity index (χ0) is 13.3. The zero-order valence-electron chi connectivity index (χ0n) is 10.1. The van der Waals surface area contributed by atoms with Crippen molar-refractivity contribution in [2.24, 2.45) is 7.05 Å². The molecular weight excluding hydrogens is 299 g/mol. The maximum absolute atomic E-state index is 13.5. The van der Waals surface area contributed by atoms with Gasteiger partial charge in [0.25, 0.3) is 0 Å². The van der Waals surface area contributed by atoms with Crippen molar-refractivity contribution in [2.45, 2.75) is 13.3 Å². The van der Waals surface area contributed by atoms with Gasteiger partial charge in [-0.2, -0.15) is 5.10 Å². The van der Waals surface area contributed by atoms with Gasteiger partial charge in [0.2, 0.25) is 0 Å². The second-order valence-corrected chi connectivity index (χ2v) is 4.84. The van der Waals surface area contributed by atoms with Gasteiger partial charge in [0.1, 0.15) is 5.82 Å². The fraction of sp³-hybridized carbons (Fsp3) is 0.231. The summed E-state index contributed by atoms with van der Waals surface area (Å²) in [6, 6.07) is 6.00. The monoisotopic (exact) mass is 310 g/mol. The summed E-state index contributed by atoms with van der Waals surface area (Å²) in [6.45, 7) is 1.85. The zero-order valence-corrected chi connectivity index (χ0v) is 11.7. The molecule has 0 saturated carbocycles. The Balaban J connectivity index is 2.30. The van der Waals surface area contributed by atoms with Crippen LogP contribution in [-0.4, -0.2) is 15.6 Å². The van der Waals surface area contributed by atoms with Gasteiger partial charge < -0.3 is 0 Å². The van der Waals surface area contributed by atoms with Crippen molar-refractivity contribution >= 4 is 21.7 Å². The Labute approximate surface area is 113 Å². The normalized spacial score (nSPS) is 10.7. The first kappa shape index (κ1) is 13.0. The second-order valence-electron chi connectivity index (χ2n) is 4.05. The molecule has 0 aliphatic carbocycles.